The van der Waals surface area contributed by atoms with Crippen molar-refractivity contribution in [1.82, 2.24) is 5.43 Å². The van der Waals surface area contributed by atoms with E-state index in [1.165, 1.54) is 12.1 Å². The molecule has 96 valence electrons. The summed E-state index contributed by atoms with van der Waals surface area (Å²) in [6, 6.07) is 8.44. The number of hydrogen-bond donors (Lipinski definition) is 2. The van der Waals surface area contributed by atoms with Gasteiger partial charge in [0.1, 0.15) is 11.6 Å². The SMILES string of the molecule is COc1csc(C(Cc2cccc(F)c2)NN)c1. The van der Waals surface area contributed by atoms with Gasteiger partial charge in [-0.3, -0.25) is 11.3 Å². The van der Waals surface area contributed by atoms with Crippen LogP contribution in [-0.2, 0) is 6.42 Å². The molecule has 3 N–H and O–H groups in total. The minimum Gasteiger partial charge on any atom is -0.496 e. The lowest BCUT2D eigenvalue weighted by Gasteiger charge is -2.14. The van der Waals surface area contributed by atoms with Gasteiger partial charge in [-0.15, -0.1) is 11.3 Å². The lowest BCUT2D eigenvalue weighted by atomic mass is 10.1. The third-order valence-electron chi connectivity index (χ3n) is 2.70. The van der Waals surface area contributed by atoms with E-state index in [9.17, 15) is 4.39 Å². The molecule has 0 amide bonds. The standard InChI is InChI=1S/C13H15FN2OS/c1-17-11-7-13(18-8-11)12(16-15)6-9-3-2-4-10(14)5-9/h2-5,7-8,12,16H,6,15H2,1H3. The number of thiophene rings is 1. The highest BCUT2D eigenvalue weighted by molar-refractivity contribution is 7.10. The Morgan fingerprint density at radius 3 is 2.89 bits per heavy atom. The van der Waals surface area contributed by atoms with Crippen LogP contribution in [0.15, 0.2) is 35.7 Å². The molecule has 0 radical (unpaired) electrons. The van der Waals surface area contributed by atoms with Crippen molar-refractivity contribution in [2.45, 2.75) is 12.5 Å². The molecule has 0 bridgehead atoms. The number of benzene rings is 1. The molecule has 1 heterocycles. The van der Waals surface area contributed by atoms with E-state index >= 15 is 0 Å². The van der Waals surface area contributed by atoms with Crippen LogP contribution >= 0.6 is 11.3 Å². The molecule has 0 aliphatic rings. The molecule has 0 aliphatic heterocycles. The van der Waals surface area contributed by atoms with Crippen LogP contribution in [0.2, 0.25) is 0 Å². The molecular weight excluding hydrogens is 251 g/mol. The van der Waals surface area contributed by atoms with E-state index < -0.39 is 0 Å². The fraction of sp³-hybridized carbons (Fsp3) is 0.231. The van der Waals surface area contributed by atoms with Crippen LogP contribution in [0.25, 0.3) is 0 Å². The zero-order chi connectivity index (χ0) is 13.0. The molecule has 1 aromatic carbocycles. The Kier molecular flexibility index (Phi) is 4.30. The highest BCUT2D eigenvalue weighted by Gasteiger charge is 2.13. The molecule has 1 unspecified atom stereocenters. The van der Waals surface area contributed by atoms with E-state index in [1.807, 2.05) is 17.5 Å². The van der Waals surface area contributed by atoms with Crippen LogP contribution in [0.4, 0.5) is 4.39 Å². The van der Waals surface area contributed by atoms with Gasteiger partial charge in [0.25, 0.3) is 0 Å². The maximum atomic E-state index is 13.1. The summed E-state index contributed by atoms with van der Waals surface area (Å²) in [5, 5.41) is 1.92. The molecule has 0 saturated carbocycles. The Bertz CT molecular complexity index is 515. The molecule has 0 saturated heterocycles. The second kappa shape index (κ2) is 5.95. The number of nitrogens with two attached hydrogens (primary N) is 1. The van der Waals surface area contributed by atoms with Gasteiger partial charge in [-0.05, 0) is 30.2 Å². The number of hydrogen-bond acceptors (Lipinski definition) is 4. The summed E-state index contributed by atoms with van der Waals surface area (Å²) in [6.45, 7) is 0. The Balaban J connectivity index is 2.14. The van der Waals surface area contributed by atoms with Crippen molar-refractivity contribution in [2.75, 3.05) is 7.11 Å². The first kappa shape index (κ1) is 13.0. The number of rotatable bonds is 5. The van der Waals surface area contributed by atoms with E-state index in [-0.39, 0.29) is 11.9 Å². The number of nitrogens with one attached hydrogen (secondary N) is 1. The smallest absolute Gasteiger partial charge is 0.129 e. The molecule has 0 spiro atoms. The number of halogens is 1. The van der Waals surface area contributed by atoms with Gasteiger partial charge >= 0.3 is 0 Å². The third kappa shape index (κ3) is 3.07. The van der Waals surface area contributed by atoms with Crippen molar-refractivity contribution < 1.29 is 9.13 Å². The first-order chi connectivity index (χ1) is 8.72. The van der Waals surface area contributed by atoms with Crippen LogP contribution in [0.5, 0.6) is 5.75 Å². The number of hydrazine groups is 1. The maximum absolute atomic E-state index is 13.1. The van der Waals surface area contributed by atoms with Crippen LogP contribution in [0.1, 0.15) is 16.5 Å². The molecule has 18 heavy (non-hydrogen) atoms. The second-order valence-corrected chi connectivity index (χ2v) is 4.89. The van der Waals surface area contributed by atoms with Crippen molar-refractivity contribution in [1.29, 1.82) is 0 Å². The Hall–Kier alpha value is -1.43. The van der Waals surface area contributed by atoms with Crippen molar-refractivity contribution in [3.63, 3.8) is 0 Å². The molecule has 1 atom stereocenters. The first-order valence-corrected chi connectivity index (χ1v) is 6.44. The molecule has 3 nitrogen and oxygen atoms in total. The fourth-order valence-corrected chi connectivity index (χ4v) is 2.68. The van der Waals surface area contributed by atoms with E-state index in [1.54, 1.807) is 24.5 Å². The summed E-state index contributed by atoms with van der Waals surface area (Å²) >= 11 is 1.57. The van der Waals surface area contributed by atoms with Crippen molar-refractivity contribution in [2.24, 2.45) is 5.84 Å². The van der Waals surface area contributed by atoms with E-state index in [2.05, 4.69) is 5.43 Å². The third-order valence-corrected chi connectivity index (χ3v) is 3.73. The van der Waals surface area contributed by atoms with Crippen LogP contribution in [0, 0.1) is 5.82 Å². The number of methoxy groups -OCH3 is 1. The van der Waals surface area contributed by atoms with Crippen molar-refractivity contribution >= 4 is 11.3 Å². The van der Waals surface area contributed by atoms with Gasteiger partial charge in [0, 0.05) is 10.3 Å². The molecular formula is C13H15FN2OS. The Labute approximate surface area is 109 Å². The molecule has 0 fully saturated rings. The highest BCUT2D eigenvalue weighted by atomic mass is 32.1. The predicted molar refractivity (Wildman–Crippen MR) is 71.0 cm³/mol. The zero-order valence-corrected chi connectivity index (χ0v) is 10.8. The summed E-state index contributed by atoms with van der Waals surface area (Å²) in [5.74, 6) is 6.15. The van der Waals surface area contributed by atoms with Crippen LogP contribution < -0.4 is 16.0 Å². The normalized spacial score (nSPS) is 12.4. The molecule has 5 heteroatoms. The average Bonchev–Trinajstić information content (AvgIpc) is 2.84. The Morgan fingerprint density at radius 2 is 2.28 bits per heavy atom. The summed E-state index contributed by atoms with van der Waals surface area (Å²) in [7, 11) is 1.63. The first-order valence-electron chi connectivity index (χ1n) is 5.56. The minimum absolute atomic E-state index is 0.0410. The van der Waals surface area contributed by atoms with Gasteiger partial charge in [0.05, 0.1) is 13.2 Å². The molecule has 2 rings (SSSR count). The van der Waals surface area contributed by atoms with Crippen LogP contribution in [0.3, 0.4) is 0 Å². The molecule has 2 aromatic rings. The van der Waals surface area contributed by atoms with Crippen molar-refractivity contribution in [3.05, 3.63) is 52.0 Å². The van der Waals surface area contributed by atoms with Crippen LogP contribution in [-0.4, -0.2) is 7.11 Å². The second-order valence-electron chi connectivity index (χ2n) is 3.94. The number of ether oxygens (including phenoxy) is 1. The topological polar surface area (TPSA) is 47.3 Å². The predicted octanol–water partition coefficient (Wildman–Crippen LogP) is 2.64. The largest absolute Gasteiger partial charge is 0.496 e. The quantitative estimate of drug-likeness (QED) is 0.646. The van der Waals surface area contributed by atoms with Gasteiger partial charge in [0.2, 0.25) is 0 Å². The fourth-order valence-electron chi connectivity index (χ4n) is 1.77. The molecule has 1 aromatic heterocycles. The van der Waals surface area contributed by atoms with E-state index in [0.29, 0.717) is 6.42 Å². The Morgan fingerprint density at radius 1 is 1.44 bits per heavy atom. The average molecular weight is 266 g/mol. The van der Waals surface area contributed by atoms with Gasteiger partial charge in [0.15, 0.2) is 0 Å². The minimum atomic E-state index is -0.230. The molecule has 0 aliphatic carbocycles. The van der Waals surface area contributed by atoms with E-state index in [4.69, 9.17) is 10.6 Å². The maximum Gasteiger partial charge on any atom is 0.129 e. The summed E-state index contributed by atoms with van der Waals surface area (Å²) < 4.78 is 18.3. The van der Waals surface area contributed by atoms with E-state index in [0.717, 1.165) is 16.2 Å². The lowest BCUT2D eigenvalue weighted by molar-refractivity contribution is 0.415. The van der Waals surface area contributed by atoms with Gasteiger partial charge < -0.3 is 4.74 Å². The summed E-state index contributed by atoms with van der Waals surface area (Å²) in [6.07, 6.45) is 0.637. The van der Waals surface area contributed by atoms with Gasteiger partial charge in [-0.25, -0.2) is 4.39 Å². The lowest BCUT2D eigenvalue weighted by Crippen LogP contribution is -2.28. The summed E-state index contributed by atoms with van der Waals surface area (Å²) in [5.41, 5.74) is 3.66. The monoisotopic (exact) mass is 266 g/mol. The summed E-state index contributed by atoms with van der Waals surface area (Å²) in [4.78, 5) is 1.07. The highest BCUT2D eigenvalue weighted by Crippen LogP contribution is 2.28. The zero-order valence-electron chi connectivity index (χ0n) is 10.0. The van der Waals surface area contributed by atoms with Crippen molar-refractivity contribution in [3.8, 4) is 5.75 Å². The van der Waals surface area contributed by atoms with Gasteiger partial charge in [-0.2, -0.15) is 0 Å². The van der Waals surface area contributed by atoms with Gasteiger partial charge in [-0.1, -0.05) is 12.1 Å².